The number of amides is 1. The average Bonchev–Trinajstić information content (AvgIpc) is 2.58. The topological polar surface area (TPSA) is 52.6 Å². The Kier molecular flexibility index (Phi) is 2.73. The molecular weight excluding hydrogens is 192 g/mol. The number of hydrogen-bond donors (Lipinski definition) is 2. The van der Waals surface area contributed by atoms with Gasteiger partial charge in [0.15, 0.2) is 0 Å². The fourth-order valence-electron chi connectivity index (χ4n) is 2.42. The second-order valence-corrected chi connectivity index (χ2v) is 5.01. The van der Waals surface area contributed by atoms with Crippen LogP contribution in [0.3, 0.4) is 0 Å². The van der Waals surface area contributed by atoms with Gasteiger partial charge in [-0.25, -0.2) is 0 Å². The van der Waals surface area contributed by atoms with Crippen LogP contribution in [-0.2, 0) is 4.79 Å². The van der Waals surface area contributed by atoms with Crippen molar-refractivity contribution in [3.8, 4) is 0 Å². The van der Waals surface area contributed by atoms with E-state index in [0.717, 1.165) is 19.5 Å². The summed E-state index contributed by atoms with van der Waals surface area (Å²) < 4.78 is 0. The predicted octanol–water partition coefficient (Wildman–Crippen LogP) is -0.175. The molecule has 0 unspecified atom stereocenters. The zero-order valence-electron chi connectivity index (χ0n) is 9.49. The molecule has 4 nitrogen and oxygen atoms in total. The van der Waals surface area contributed by atoms with Gasteiger partial charge in [-0.3, -0.25) is 4.79 Å². The van der Waals surface area contributed by atoms with E-state index in [2.05, 4.69) is 12.2 Å². The van der Waals surface area contributed by atoms with Gasteiger partial charge in [0.1, 0.15) is 0 Å². The van der Waals surface area contributed by atoms with Crippen molar-refractivity contribution in [1.82, 2.24) is 10.2 Å². The molecule has 2 aliphatic rings. The number of β-amino-alcohol motifs (C(OH)–C–C–N with tert-alkyl or cyclic N) is 1. The van der Waals surface area contributed by atoms with Crippen molar-refractivity contribution in [3.63, 3.8) is 0 Å². The van der Waals surface area contributed by atoms with Gasteiger partial charge in [0.25, 0.3) is 0 Å². The van der Waals surface area contributed by atoms with Crippen molar-refractivity contribution in [2.24, 2.45) is 11.8 Å². The van der Waals surface area contributed by atoms with Crippen molar-refractivity contribution >= 4 is 5.91 Å². The predicted molar refractivity (Wildman–Crippen MR) is 57.3 cm³/mol. The van der Waals surface area contributed by atoms with Crippen molar-refractivity contribution in [2.75, 3.05) is 26.2 Å². The zero-order valence-corrected chi connectivity index (χ0v) is 9.49. The molecule has 0 aromatic rings. The minimum atomic E-state index is -0.606. The highest BCUT2D eigenvalue weighted by Crippen LogP contribution is 2.28. The molecule has 0 spiro atoms. The lowest BCUT2D eigenvalue weighted by atomic mass is 9.88. The zero-order chi connectivity index (χ0) is 11.1. The summed E-state index contributed by atoms with van der Waals surface area (Å²) in [5.41, 5.74) is -0.606. The van der Waals surface area contributed by atoms with E-state index in [1.165, 1.54) is 0 Å². The monoisotopic (exact) mass is 212 g/mol. The Hall–Kier alpha value is -0.610. The Balaban J connectivity index is 1.89. The molecule has 1 amide bonds. The van der Waals surface area contributed by atoms with Crippen LogP contribution in [0.1, 0.15) is 20.3 Å². The lowest BCUT2D eigenvalue weighted by Gasteiger charge is -2.47. The molecule has 0 bridgehead atoms. The molecule has 0 aromatic carbocycles. The molecule has 15 heavy (non-hydrogen) atoms. The number of carbonyl (C=O) groups excluding carboxylic acids is 1. The van der Waals surface area contributed by atoms with Gasteiger partial charge in [0.05, 0.1) is 24.6 Å². The summed E-state index contributed by atoms with van der Waals surface area (Å²) in [6.07, 6.45) is 0.731. The van der Waals surface area contributed by atoms with Crippen molar-refractivity contribution in [3.05, 3.63) is 0 Å². The van der Waals surface area contributed by atoms with Crippen LogP contribution >= 0.6 is 0 Å². The molecule has 2 saturated heterocycles. The van der Waals surface area contributed by atoms with Crippen LogP contribution in [0.2, 0.25) is 0 Å². The van der Waals surface area contributed by atoms with Gasteiger partial charge in [0, 0.05) is 6.54 Å². The smallest absolute Gasteiger partial charge is 0.227 e. The van der Waals surface area contributed by atoms with E-state index >= 15 is 0 Å². The Morgan fingerprint density at radius 2 is 2.20 bits per heavy atom. The van der Waals surface area contributed by atoms with Crippen molar-refractivity contribution in [2.45, 2.75) is 25.9 Å². The molecule has 86 valence electrons. The van der Waals surface area contributed by atoms with E-state index in [1.807, 2.05) is 6.92 Å². The van der Waals surface area contributed by atoms with E-state index in [-0.39, 0.29) is 11.8 Å². The number of aliphatic hydroxyl groups is 1. The van der Waals surface area contributed by atoms with E-state index in [4.69, 9.17) is 0 Å². The van der Waals surface area contributed by atoms with Gasteiger partial charge in [-0.15, -0.1) is 0 Å². The van der Waals surface area contributed by atoms with Crippen LogP contribution in [0.25, 0.3) is 0 Å². The summed E-state index contributed by atoms with van der Waals surface area (Å²) in [4.78, 5) is 13.8. The standard InChI is InChI=1S/C11H20N2O2/c1-3-11(15)6-13(7-11)10(14)9-5-12-4-8(9)2/h8-9,12,15H,3-7H2,1-2H3/t8-,9-/m1/s1. The fourth-order valence-corrected chi connectivity index (χ4v) is 2.42. The van der Waals surface area contributed by atoms with Crippen LogP contribution in [0.15, 0.2) is 0 Å². The largest absolute Gasteiger partial charge is 0.386 e. The maximum absolute atomic E-state index is 12.0. The van der Waals surface area contributed by atoms with Gasteiger partial charge in [-0.05, 0) is 18.9 Å². The average molecular weight is 212 g/mol. The van der Waals surface area contributed by atoms with Crippen LogP contribution < -0.4 is 5.32 Å². The Labute approximate surface area is 90.6 Å². The van der Waals surface area contributed by atoms with Crippen LogP contribution in [0.4, 0.5) is 0 Å². The summed E-state index contributed by atoms with van der Waals surface area (Å²) in [5, 5.41) is 13.1. The first kappa shape index (κ1) is 10.9. The maximum atomic E-state index is 12.0. The quantitative estimate of drug-likeness (QED) is 0.668. The number of carbonyl (C=O) groups is 1. The minimum Gasteiger partial charge on any atom is -0.386 e. The van der Waals surface area contributed by atoms with Gasteiger partial charge >= 0.3 is 0 Å². The molecule has 2 aliphatic heterocycles. The SMILES string of the molecule is CCC1(O)CN(C(=O)[C@@H]2CNC[C@H]2C)C1. The summed E-state index contributed by atoms with van der Waals surface area (Å²) in [6, 6.07) is 0. The maximum Gasteiger partial charge on any atom is 0.227 e. The summed E-state index contributed by atoms with van der Waals surface area (Å²) >= 11 is 0. The van der Waals surface area contributed by atoms with Gasteiger partial charge in [0.2, 0.25) is 5.91 Å². The molecule has 2 fully saturated rings. The fraction of sp³-hybridized carbons (Fsp3) is 0.909. The summed E-state index contributed by atoms with van der Waals surface area (Å²) in [5.74, 6) is 0.754. The minimum absolute atomic E-state index is 0.117. The van der Waals surface area contributed by atoms with Crippen LogP contribution in [0.5, 0.6) is 0 Å². The van der Waals surface area contributed by atoms with E-state index < -0.39 is 5.60 Å². The highest BCUT2D eigenvalue weighted by molar-refractivity contribution is 5.80. The van der Waals surface area contributed by atoms with E-state index in [1.54, 1.807) is 4.90 Å². The molecule has 4 heteroatoms. The molecule has 0 saturated carbocycles. The highest BCUT2D eigenvalue weighted by atomic mass is 16.3. The van der Waals surface area contributed by atoms with Crippen molar-refractivity contribution < 1.29 is 9.90 Å². The number of nitrogens with zero attached hydrogens (tertiary/aromatic N) is 1. The van der Waals surface area contributed by atoms with Crippen molar-refractivity contribution in [1.29, 1.82) is 0 Å². The Morgan fingerprint density at radius 1 is 1.53 bits per heavy atom. The summed E-state index contributed by atoms with van der Waals surface area (Å²) in [7, 11) is 0. The number of nitrogens with one attached hydrogen (secondary N) is 1. The first-order valence-electron chi connectivity index (χ1n) is 5.77. The van der Waals surface area contributed by atoms with Crippen LogP contribution in [-0.4, -0.2) is 47.7 Å². The first-order chi connectivity index (χ1) is 7.06. The molecule has 2 N–H and O–H groups in total. The van der Waals surface area contributed by atoms with Crippen LogP contribution in [0, 0.1) is 11.8 Å². The number of hydrogen-bond acceptors (Lipinski definition) is 3. The lowest BCUT2D eigenvalue weighted by Crippen LogP contribution is -2.64. The third-order valence-electron chi connectivity index (χ3n) is 3.77. The van der Waals surface area contributed by atoms with E-state index in [9.17, 15) is 9.90 Å². The normalized spacial score (nSPS) is 33.9. The lowest BCUT2D eigenvalue weighted by molar-refractivity contribution is -0.160. The first-order valence-corrected chi connectivity index (χ1v) is 5.77. The Morgan fingerprint density at radius 3 is 2.67 bits per heavy atom. The second-order valence-electron chi connectivity index (χ2n) is 5.01. The molecule has 0 aliphatic carbocycles. The van der Waals surface area contributed by atoms with Gasteiger partial charge in [-0.1, -0.05) is 13.8 Å². The molecular formula is C11H20N2O2. The van der Waals surface area contributed by atoms with E-state index in [0.29, 0.717) is 19.0 Å². The number of likely N-dealkylation sites (tertiary alicyclic amines) is 1. The molecule has 0 radical (unpaired) electrons. The molecule has 0 aromatic heterocycles. The number of rotatable bonds is 2. The Bertz CT molecular complexity index is 261. The molecule has 2 heterocycles. The molecule has 2 atom stereocenters. The van der Waals surface area contributed by atoms with Gasteiger partial charge in [-0.2, -0.15) is 0 Å². The van der Waals surface area contributed by atoms with Gasteiger partial charge < -0.3 is 15.3 Å². The highest BCUT2D eigenvalue weighted by Gasteiger charge is 2.45. The third kappa shape index (κ3) is 1.88. The summed E-state index contributed by atoms with van der Waals surface area (Å²) in [6.45, 7) is 6.83. The third-order valence-corrected chi connectivity index (χ3v) is 3.77. The second kappa shape index (κ2) is 3.76. The molecule has 2 rings (SSSR count).